The molecular formula is C15H23F2NO3. The lowest BCUT2D eigenvalue weighted by molar-refractivity contribution is -0.104. The van der Waals surface area contributed by atoms with Crippen molar-refractivity contribution in [2.45, 2.75) is 52.2 Å². The highest BCUT2D eigenvalue weighted by Gasteiger charge is 2.40. The highest BCUT2D eigenvalue weighted by atomic mass is 19.3. The first kappa shape index (κ1) is 19.3. The van der Waals surface area contributed by atoms with Crippen molar-refractivity contribution in [1.82, 2.24) is 5.32 Å². The van der Waals surface area contributed by atoms with Gasteiger partial charge in [0, 0.05) is 0 Å². The first-order valence-electron chi connectivity index (χ1n) is 6.66. The topological polar surface area (TPSA) is 55.4 Å². The maximum absolute atomic E-state index is 14.1. The van der Waals surface area contributed by atoms with Gasteiger partial charge < -0.3 is 10.1 Å². The molecule has 0 aromatic rings. The summed E-state index contributed by atoms with van der Waals surface area (Å²) in [7, 11) is 0. The molecule has 0 unspecified atom stereocenters. The van der Waals surface area contributed by atoms with E-state index in [1.165, 1.54) is 6.08 Å². The van der Waals surface area contributed by atoms with E-state index in [-0.39, 0.29) is 0 Å². The average molecular weight is 303 g/mol. The van der Waals surface area contributed by atoms with Crippen LogP contribution in [0.3, 0.4) is 0 Å². The van der Waals surface area contributed by atoms with Gasteiger partial charge in [0.1, 0.15) is 17.9 Å². The van der Waals surface area contributed by atoms with Gasteiger partial charge >= 0.3 is 6.09 Å². The summed E-state index contributed by atoms with van der Waals surface area (Å²) in [5.74, 6) is -3.77. The first-order valence-corrected chi connectivity index (χ1v) is 6.66. The maximum atomic E-state index is 14.1. The molecule has 0 bridgehead atoms. The van der Waals surface area contributed by atoms with Gasteiger partial charge in [0.05, 0.1) is 0 Å². The quantitative estimate of drug-likeness (QED) is 0.464. The smallest absolute Gasteiger partial charge is 0.408 e. The molecule has 120 valence electrons. The Morgan fingerprint density at radius 2 is 1.71 bits per heavy atom. The molecule has 0 aliphatic rings. The van der Waals surface area contributed by atoms with Crippen LogP contribution in [-0.2, 0) is 9.53 Å². The minimum Gasteiger partial charge on any atom is -0.444 e. The lowest BCUT2D eigenvalue weighted by atomic mass is 9.97. The van der Waals surface area contributed by atoms with Gasteiger partial charge in [0.25, 0.3) is 5.92 Å². The fraction of sp³-hybridized carbons (Fsp3) is 0.600. The monoisotopic (exact) mass is 303 g/mol. The van der Waals surface area contributed by atoms with Crippen molar-refractivity contribution < 1.29 is 23.1 Å². The van der Waals surface area contributed by atoms with Crippen molar-refractivity contribution in [1.29, 1.82) is 0 Å². The number of carbonyl (C=O) groups excluding carboxylic acids is 2. The molecule has 0 heterocycles. The van der Waals surface area contributed by atoms with Gasteiger partial charge in [-0.2, -0.15) is 8.78 Å². The van der Waals surface area contributed by atoms with Gasteiger partial charge in [0.15, 0.2) is 0 Å². The SMILES string of the molecule is CC(C)[C@@H](NC(=O)OC(C)(C)C)C(F)(F)/C=C/C=C/C=O. The van der Waals surface area contributed by atoms with Crippen LogP contribution in [0.1, 0.15) is 34.6 Å². The van der Waals surface area contributed by atoms with Crippen LogP contribution in [0.2, 0.25) is 0 Å². The van der Waals surface area contributed by atoms with Crippen LogP contribution in [-0.4, -0.2) is 29.9 Å². The van der Waals surface area contributed by atoms with Crippen LogP contribution >= 0.6 is 0 Å². The van der Waals surface area contributed by atoms with E-state index in [4.69, 9.17) is 4.74 Å². The number of alkyl carbamates (subject to hydrolysis) is 1. The van der Waals surface area contributed by atoms with Crippen molar-refractivity contribution in [3.63, 3.8) is 0 Å². The average Bonchev–Trinajstić information content (AvgIpc) is 2.29. The number of halogens is 2. The number of hydrogen-bond donors (Lipinski definition) is 1. The van der Waals surface area contributed by atoms with Crippen molar-refractivity contribution in [3.05, 3.63) is 24.3 Å². The van der Waals surface area contributed by atoms with Crippen molar-refractivity contribution >= 4 is 12.4 Å². The van der Waals surface area contributed by atoms with E-state index in [1.54, 1.807) is 34.6 Å². The highest BCUT2D eigenvalue weighted by Crippen LogP contribution is 2.26. The molecule has 6 heteroatoms. The van der Waals surface area contributed by atoms with E-state index in [1.807, 2.05) is 0 Å². The van der Waals surface area contributed by atoms with Gasteiger partial charge in [-0.15, -0.1) is 0 Å². The number of aldehydes is 1. The fourth-order valence-corrected chi connectivity index (χ4v) is 1.54. The number of hydrogen-bond acceptors (Lipinski definition) is 3. The molecule has 1 N–H and O–H groups in total. The second kappa shape index (κ2) is 7.90. The number of alkyl halides is 2. The number of ether oxygens (including phenoxy) is 1. The largest absolute Gasteiger partial charge is 0.444 e. The second-order valence-electron chi connectivity index (χ2n) is 5.92. The molecular weight excluding hydrogens is 280 g/mol. The zero-order valence-electron chi connectivity index (χ0n) is 13.0. The molecule has 0 radical (unpaired) electrons. The molecule has 0 fully saturated rings. The fourth-order valence-electron chi connectivity index (χ4n) is 1.54. The van der Waals surface area contributed by atoms with Crippen LogP contribution in [0, 0.1) is 5.92 Å². The van der Waals surface area contributed by atoms with Crippen molar-refractivity contribution in [2.24, 2.45) is 5.92 Å². The van der Waals surface area contributed by atoms with Gasteiger partial charge in [-0.1, -0.05) is 26.0 Å². The number of amides is 1. The molecule has 0 aromatic heterocycles. The summed E-state index contributed by atoms with van der Waals surface area (Å²) in [6.07, 6.45) is 3.61. The molecule has 1 atom stereocenters. The van der Waals surface area contributed by atoms with Gasteiger partial charge in [0.2, 0.25) is 0 Å². The highest BCUT2D eigenvalue weighted by molar-refractivity contribution is 5.68. The van der Waals surface area contributed by atoms with Gasteiger partial charge in [-0.25, -0.2) is 4.79 Å². The molecule has 21 heavy (non-hydrogen) atoms. The minimum absolute atomic E-state index is 0.487. The Bertz CT molecular complexity index is 410. The summed E-state index contributed by atoms with van der Waals surface area (Å²) in [4.78, 5) is 21.7. The summed E-state index contributed by atoms with van der Waals surface area (Å²) in [5, 5.41) is 2.20. The van der Waals surface area contributed by atoms with E-state index in [0.29, 0.717) is 12.4 Å². The van der Waals surface area contributed by atoms with E-state index >= 15 is 0 Å². The Morgan fingerprint density at radius 1 is 1.14 bits per heavy atom. The summed E-state index contributed by atoms with van der Waals surface area (Å²) in [5.41, 5.74) is -0.760. The van der Waals surface area contributed by atoms with Crippen LogP contribution in [0.5, 0.6) is 0 Å². The molecule has 1 amide bonds. The summed E-state index contributed by atoms with van der Waals surface area (Å²) < 4.78 is 33.1. The maximum Gasteiger partial charge on any atom is 0.408 e. The molecule has 0 saturated carbocycles. The lowest BCUT2D eigenvalue weighted by Crippen LogP contribution is -2.51. The standard InChI is InChI=1S/C15H23F2NO3/c1-11(2)12(18-13(20)21-14(3,4)5)15(16,17)9-7-6-8-10-19/h6-12H,1-5H3,(H,18,20)/b8-6+,9-7+/t12-/m1/s1. The normalized spacial score (nSPS) is 14.7. The van der Waals surface area contributed by atoms with Gasteiger partial charge in [-0.05, 0) is 38.8 Å². The molecule has 4 nitrogen and oxygen atoms in total. The lowest BCUT2D eigenvalue weighted by Gasteiger charge is -2.30. The second-order valence-corrected chi connectivity index (χ2v) is 5.92. The number of allylic oxidation sites excluding steroid dienone is 3. The summed E-state index contributed by atoms with van der Waals surface area (Å²) >= 11 is 0. The third kappa shape index (κ3) is 8.22. The molecule has 0 saturated heterocycles. The van der Waals surface area contributed by atoms with E-state index in [0.717, 1.165) is 12.2 Å². The van der Waals surface area contributed by atoms with E-state index in [9.17, 15) is 18.4 Å². The Morgan fingerprint density at radius 3 is 2.14 bits per heavy atom. The number of rotatable bonds is 6. The third-order valence-corrected chi connectivity index (χ3v) is 2.37. The predicted octanol–water partition coefficient (Wildman–Crippen LogP) is 3.48. The summed E-state index contributed by atoms with van der Waals surface area (Å²) in [6.45, 7) is 8.10. The molecule has 0 rings (SSSR count). The van der Waals surface area contributed by atoms with Crippen LogP contribution in [0.15, 0.2) is 24.3 Å². The minimum atomic E-state index is -3.27. The number of carbonyl (C=O) groups is 2. The Hall–Kier alpha value is -1.72. The summed E-state index contributed by atoms with van der Waals surface area (Å²) in [6, 6.07) is -1.41. The third-order valence-electron chi connectivity index (χ3n) is 2.37. The molecule has 0 spiro atoms. The molecule has 0 aliphatic carbocycles. The first-order chi connectivity index (χ1) is 9.49. The van der Waals surface area contributed by atoms with Crippen LogP contribution in [0.25, 0.3) is 0 Å². The Labute approximate surface area is 124 Å². The zero-order valence-corrected chi connectivity index (χ0v) is 13.0. The van der Waals surface area contributed by atoms with Crippen molar-refractivity contribution in [2.75, 3.05) is 0 Å². The Balaban J connectivity index is 4.96. The van der Waals surface area contributed by atoms with E-state index in [2.05, 4.69) is 5.32 Å². The van der Waals surface area contributed by atoms with Crippen LogP contribution in [0.4, 0.5) is 13.6 Å². The Kier molecular flexibility index (Phi) is 7.26. The number of nitrogens with one attached hydrogen (secondary N) is 1. The predicted molar refractivity (Wildman–Crippen MR) is 77.3 cm³/mol. The van der Waals surface area contributed by atoms with Crippen molar-refractivity contribution in [3.8, 4) is 0 Å². The molecule has 0 aromatic carbocycles. The van der Waals surface area contributed by atoms with Crippen LogP contribution < -0.4 is 5.32 Å². The zero-order chi connectivity index (χ0) is 16.7. The van der Waals surface area contributed by atoms with Gasteiger partial charge in [-0.3, -0.25) is 4.79 Å². The molecule has 0 aliphatic heterocycles. The van der Waals surface area contributed by atoms with E-state index < -0.39 is 29.6 Å².